The number of halogens is 6. The smallest absolute Gasteiger partial charge is 0.417 e. The molecule has 2 aromatic rings. The molecule has 0 bridgehead atoms. The second-order valence-corrected chi connectivity index (χ2v) is 7.84. The number of aromatic nitrogens is 1. The van der Waals surface area contributed by atoms with Crippen molar-refractivity contribution in [3.63, 3.8) is 0 Å². The molecule has 184 valence electrons. The molecular weight excluding hydrogens is 472 g/mol. The Morgan fingerprint density at radius 2 is 1.85 bits per heavy atom. The number of rotatable bonds is 5. The van der Waals surface area contributed by atoms with Gasteiger partial charge in [-0.05, 0) is 19.1 Å². The number of nitrogens with one attached hydrogen (secondary N) is 1. The summed E-state index contributed by atoms with van der Waals surface area (Å²) in [6, 6.07) is 2.46. The lowest BCUT2D eigenvalue weighted by atomic mass is 9.77. The number of methoxy groups -OCH3 is 1. The molecule has 34 heavy (non-hydrogen) atoms. The molecule has 2 amide bonds. The first-order chi connectivity index (χ1) is 15.7. The lowest BCUT2D eigenvalue weighted by Gasteiger charge is -2.32. The highest BCUT2D eigenvalue weighted by atomic mass is 19.4. The number of amides is 2. The molecular formula is C21H19F6N3O4. The van der Waals surface area contributed by atoms with Crippen molar-refractivity contribution in [2.75, 3.05) is 12.4 Å². The second kappa shape index (κ2) is 8.78. The van der Waals surface area contributed by atoms with Gasteiger partial charge in [0.25, 0.3) is 11.8 Å². The van der Waals surface area contributed by atoms with Crippen LogP contribution in [0, 0.1) is 23.4 Å². The monoisotopic (exact) mass is 491 g/mol. The topological polar surface area (TPSA) is 104 Å². The van der Waals surface area contributed by atoms with E-state index in [9.17, 15) is 35.9 Å². The third-order valence-corrected chi connectivity index (χ3v) is 5.94. The van der Waals surface area contributed by atoms with Crippen LogP contribution in [0.25, 0.3) is 0 Å². The molecule has 13 heteroatoms. The molecule has 2 heterocycles. The largest absolute Gasteiger partial charge is 0.493 e. The predicted octanol–water partition coefficient (Wildman–Crippen LogP) is 3.68. The summed E-state index contributed by atoms with van der Waals surface area (Å²) in [4.78, 5) is 27.8. The van der Waals surface area contributed by atoms with Crippen molar-refractivity contribution in [3.8, 4) is 5.75 Å². The van der Waals surface area contributed by atoms with E-state index in [4.69, 9.17) is 15.2 Å². The molecule has 3 N–H and O–H groups in total. The highest BCUT2D eigenvalue weighted by Crippen LogP contribution is 2.55. The van der Waals surface area contributed by atoms with Crippen molar-refractivity contribution in [3.05, 3.63) is 53.1 Å². The fraction of sp³-hybridized carbons (Fsp3) is 0.381. The highest BCUT2D eigenvalue weighted by molar-refractivity contribution is 5.97. The molecule has 4 atom stereocenters. The van der Waals surface area contributed by atoms with Crippen LogP contribution in [0.2, 0.25) is 0 Å². The van der Waals surface area contributed by atoms with Gasteiger partial charge >= 0.3 is 6.18 Å². The Morgan fingerprint density at radius 1 is 1.21 bits per heavy atom. The van der Waals surface area contributed by atoms with Gasteiger partial charge in [0.05, 0.1) is 19.0 Å². The second-order valence-electron chi connectivity index (χ2n) is 7.84. The minimum atomic E-state index is -4.97. The Bertz CT molecular complexity index is 1140. The first kappa shape index (κ1) is 25.3. The van der Waals surface area contributed by atoms with Gasteiger partial charge in [-0.2, -0.15) is 17.6 Å². The van der Waals surface area contributed by atoms with Crippen LogP contribution >= 0.6 is 0 Å². The van der Waals surface area contributed by atoms with Crippen LogP contribution in [-0.2, 0) is 9.53 Å². The fourth-order valence-electron chi connectivity index (χ4n) is 3.91. The van der Waals surface area contributed by atoms with Crippen LogP contribution in [0.4, 0.5) is 32.0 Å². The minimum Gasteiger partial charge on any atom is -0.493 e. The number of nitrogens with zero attached hydrogens (tertiary/aromatic N) is 1. The number of pyridine rings is 1. The van der Waals surface area contributed by atoms with Gasteiger partial charge < -0.3 is 20.5 Å². The van der Waals surface area contributed by atoms with Crippen molar-refractivity contribution in [2.24, 2.45) is 11.7 Å². The third kappa shape index (κ3) is 4.15. The summed E-state index contributed by atoms with van der Waals surface area (Å²) >= 11 is 0. The van der Waals surface area contributed by atoms with E-state index in [1.807, 2.05) is 0 Å². The molecule has 0 spiro atoms. The zero-order valence-corrected chi connectivity index (χ0v) is 18.0. The molecule has 0 aliphatic carbocycles. The van der Waals surface area contributed by atoms with Gasteiger partial charge in [-0.3, -0.25) is 9.59 Å². The summed E-state index contributed by atoms with van der Waals surface area (Å²) in [5.41, 5.74) is 0.923. The van der Waals surface area contributed by atoms with Crippen molar-refractivity contribution >= 4 is 17.5 Å². The summed E-state index contributed by atoms with van der Waals surface area (Å²) in [5.74, 6) is -9.85. The summed E-state index contributed by atoms with van der Waals surface area (Å²) in [7, 11) is 0.984. The number of carbonyl (C=O) groups is 2. The van der Waals surface area contributed by atoms with E-state index in [0.29, 0.717) is 19.2 Å². The highest BCUT2D eigenvalue weighted by Gasteiger charge is 2.66. The lowest BCUT2D eigenvalue weighted by Crippen LogP contribution is -2.47. The number of hydrogen-bond donors (Lipinski definition) is 2. The van der Waals surface area contributed by atoms with Gasteiger partial charge in [-0.25, -0.2) is 13.8 Å². The third-order valence-electron chi connectivity index (χ3n) is 5.94. The summed E-state index contributed by atoms with van der Waals surface area (Å²) in [6.07, 6.45) is -6.32. The first-order valence-corrected chi connectivity index (χ1v) is 9.75. The van der Waals surface area contributed by atoms with E-state index in [2.05, 4.69) is 10.3 Å². The maximum atomic E-state index is 14.4. The predicted molar refractivity (Wildman–Crippen MR) is 105 cm³/mol. The zero-order chi connectivity index (χ0) is 25.6. The Hall–Kier alpha value is -3.35. The van der Waals surface area contributed by atoms with E-state index in [1.165, 1.54) is 0 Å². The van der Waals surface area contributed by atoms with Crippen LogP contribution in [-0.4, -0.2) is 41.8 Å². The zero-order valence-electron chi connectivity index (χ0n) is 18.0. The SMILES string of the molecule is COc1c([C@H]2[C@@H](C(=O)Nc3cc(C(N)=O)ncc3F)O[C@@](C)(C(F)(F)F)[C@H]2C)ccc(F)c1F. The van der Waals surface area contributed by atoms with Crippen molar-refractivity contribution in [1.82, 2.24) is 4.98 Å². The standard InChI is InChI=1S/C21H19F6N3O4/c1-8-14(9-4-5-10(22)15(24)16(9)33-3)17(34-20(8,2)21(25,26)27)19(32)30-12-6-13(18(28)31)29-7-11(12)23/h4-8,14,17H,1-3H3,(H2,28,31)(H,29,30,32)/t8-,14-,17-,20+/m0/s1. The van der Waals surface area contributed by atoms with Crippen LogP contribution < -0.4 is 15.8 Å². The molecule has 3 rings (SSSR count). The molecule has 1 aliphatic heterocycles. The van der Waals surface area contributed by atoms with Gasteiger partial charge in [0.15, 0.2) is 23.0 Å². The van der Waals surface area contributed by atoms with Gasteiger partial charge in [0.2, 0.25) is 5.82 Å². The Balaban J connectivity index is 2.10. The summed E-state index contributed by atoms with van der Waals surface area (Å²) in [6.45, 7) is 1.84. The molecule has 0 unspecified atom stereocenters. The van der Waals surface area contributed by atoms with Gasteiger partial charge in [0, 0.05) is 17.4 Å². The van der Waals surface area contributed by atoms with E-state index in [1.54, 1.807) is 0 Å². The summed E-state index contributed by atoms with van der Waals surface area (Å²) < 4.78 is 94.1. The number of anilines is 1. The number of carbonyl (C=O) groups excluding carboxylic acids is 2. The molecule has 1 saturated heterocycles. The maximum absolute atomic E-state index is 14.4. The van der Waals surface area contributed by atoms with Crippen molar-refractivity contribution in [2.45, 2.75) is 37.6 Å². The average Bonchev–Trinajstić information content (AvgIpc) is 3.03. The molecule has 0 saturated carbocycles. The summed E-state index contributed by atoms with van der Waals surface area (Å²) in [5, 5.41) is 2.06. The quantitative estimate of drug-likeness (QED) is 0.622. The van der Waals surface area contributed by atoms with E-state index >= 15 is 0 Å². The normalized spacial score (nSPS) is 24.7. The number of ether oxygens (including phenoxy) is 2. The van der Waals surface area contributed by atoms with E-state index in [-0.39, 0.29) is 5.56 Å². The Morgan fingerprint density at radius 3 is 2.41 bits per heavy atom. The van der Waals surface area contributed by atoms with Gasteiger partial charge in [-0.1, -0.05) is 13.0 Å². The molecule has 1 fully saturated rings. The Labute approximate surface area is 189 Å². The van der Waals surface area contributed by atoms with Crippen molar-refractivity contribution < 1.29 is 45.4 Å². The molecule has 1 aromatic heterocycles. The van der Waals surface area contributed by atoms with Crippen LogP contribution in [0.1, 0.15) is 35.8 Å². The van der Waals surface area contributed by atoms with E-state index in [0.717, 1.165) is 26.2 Å². The lowest BCUT2D eigenvalue weighted by molar-refractivity contribution is -0.272. The maximum Gasteiger partial charge on any atom is 0.417 e. The van der Waals surface area contributed by atoms with Gasteiger partial charge in [0.1, 0.15) is 11.8 Å². The number of primary amides is 1. The average molecular weight is 491 g/mol. The number of hydrogen-bond acceptors (Lipinski definition) is 5. The van der Waals surface area contributed by atoms with Crippen LogP contribution in [0.15, 0.2) is 24.4 Å². The molecule has 0 radical (unpaired) electrons. The number of benzene rings is 1. The Kier molecular flexibility index (Phi) is 6.53. The number of alkyl halides is 3. The fourth-order valence-corrected chi connectivity index (χ4v) is 3.91. The molecule has 1 aromatic carbocycles. The van der Waals surface area contributed by atoms with Crippen LogP contribution in [0.5, 0.6) is 5.75 Å². The van der Waals surface area contributed by atoms with Gasteiger partial charge in [-0.15, -0.1) is 0 Å². The van der Waals surface area contributed by atoms with Crippen LogP contribution in [0.3, 0.4) is 0 Å². The molecule has 7 nitrogen and oxygen atoms in total. The molecule has 1 aliphatic rings. The van der Waals surface area contributed by atoms with E-state index < -0.39 is 76.1 Å². The minimum absolute atomic E-state index is 0.255. The first-order valence-electron chi connectivity index (χ1n) is 9.75. The number of nitrogens with two attached hydrogens (primary N) is 1. The van der Waals surface area contributed by atoms with Crippen molar-refractivity contribution in [1.29, 1.82) is 0 Å².